The third kappa shape index (κ3) is 5.17. The highest BCUT2D eigenvalue weighted by molar-refractivity contribution is 5.82. The van der Waals surface area contributed by atoms with Crippen LogP contribution in [0.1, 0.15) is 31.2 Å². The lowest BCUT2D eigenvalue weighted by Gasteiger charge is -2.06. The Balaban J connectivity index is 1.65. The predicted octanol–water partition coefficient (Wildman–Crippen LogP) is 3.00. The lowest BCUT2D eigenvalue weighted by atomic mass is 10.1. The van der Waals surface area contributed by atoms with E-state index in [9.17, 15) is 4.79 Å². The Bertz CT molecular complexity index is 584. The van der Waals surface area contributed by atoms with Gasteiger partial charge in [0.05, 0.1) is 0 Å². The minimum absolute atomic E-state index is 0.306. The molecule has 112 valence electrons. The van der Waals surface area contributed by atoms with E-state index in [2.05, 4.69) is 47.8 Å². The van der Waals surface area contributed by atoms with Crippen LogP contribution in [-0.2, 0) is 11.3 Å². The quantitative estimate of drug-likeness (QED) is 0.397. The number of nitrogens with one attached hydrogen (secondary N) is 2. The molecule has 1 amide bonds. The van der Waals surface area contributed by atoms with Crippen LogP contribution in [0.2, 0.25) is 0 Å². The zero-order valence-electron chi connectivity index (χ0n) is 12.1. The molecule has 2 aromatic carbocycles. The molecule has 0 bridgehead atoms. The summed E-state index contributed by atoms with van der Waals surface area (Å²) in [5, 5.41) is 14.3. The number of fused-ring (bicyclic) bond motifs is 1. The number of amides is 1. The Morgan fingerprint density at radius 2 is 1.81 bits per heavy atom. The number of carbonyl (C=O) groups is 1. The van der Waals surface area contributed by atoms with Crippen LogP contribution in [0.5, 0.6) is 0 Å². The summed E-state index contributed by atoms with van der Waals surface area (Å²) in [6.45, 7) is 1.80. The summed E-state index contributed by atoms with van der Waals surface area (Å²) in [6.07, 6.45) is 3.22. The van der Waals surface area contributed by atoms with Crippen molar-refractivity contribution in [3.63, 3.8) is 0 Å². The van der Waals surface area contributed by atoms with Gasteiger partial charge < -0.3 is 5.32 Å². The van der Waals surface area contributed by atoms with E-state index in [1.54, 1.807) is 5.48 Å². The first kappa shape index (κ1) is 15.5. The van der Waals surface area contributed by atoms with Crippen LogP contribution in [0.25, 0.3) is 10.8 Å². The zero-order chi connectivity index (χ0) is 14.9. The highest BCUT2D eigenvalue weighted by atomic mass is 16.5. The zero-order valence-corrected chi connectivity index (χ0v) is 12.1. The molecule has 0 spiro atoms. The van der Waals surface area contributed by atoms with Crippen molar-refractivity contribution in [2.75, 3.05) is 6.54 Å². The third-order valence-corrected chi connectivity index (χ3v) is 3.53. The molecule has 0 aliphatic rings. The highest BCUT2D eigenvalue weighted by Gasteiger charge is 1.99. The van der Waals surface area contributed by atoms with Crippen LogP contribution in [-0.4, -0.2) is 17.7 Å². The summed E-state index contributed by atoms with van der Waals surface area (Å²) >= 11 is 0. The first-order valence-corrected chi connectivity index (χ1v) is 7.41. The average molecular weight is 286 g/mol. The first-order chi connectivity index (χ1) is 10.3. The van der Waals surface area contributed by atoms with Gasteiger partial charge in [0.2, 0.25) is 5.91 Å². The SMILES string of the molecule is O=C(CCCCCNCc1ccc2ccccc2c1)NO. The number of unbranched alkanes of at least 4 members (excludes halogenated alkanes) is 2. The number of rotatable bonds is 8. The fraction of sp³-hybridized carbons (Fsp3) is 0.353. The first-order valence-electron chi connectivity index (χ1n) is 7.41. The Hall–Kier alpha value is -1.91. The van der Waals surface area contributed by atoms with Crippen molar-refractivity contribution in [2.45, 2.75) is 32.2 Å². The molecule has 0 saturated carbocycles. The Kier molecular flexibility index (Phi) is 6.19. The van der Waals surface area contributed by atoms with Crippen LogP contribution in [0.3, 0.4) is 0 Å². The van der Waals surface area contributed by atoms with Gasteiger partial charge in [-0.15, -0.1) is 0 Å². The number of hydrogen-bond donors (Lipinski definition) is 3. The van der Waals surface area contributed by atoms with Crippen LogP contribution >= 0.6 is 0 Å². The molecule has 4 nitrogen and oxygen atoms in total. The van der Waals surface area contributed by atoms with Gasteiger partial charge in [0.1, 0.15) is 0 Å². The molecule has 0 fully saturated rings. The average Bonchev–Trinajstić information content (AvgIpc) is 2.53. The summed E-state index contributed by atoms with van der Waals surface area (Å²) in [4.78, 5) is 10.8. The van der Waals surface area contributed by atoms with E-state index in [1.807, 2.05) is 0 Å². The lowest BCUT2D eigenvalue weighted by Crippen LogP contribution is -2.18. The normalized spacial score (nSPS) is 10.7. The highest BCUT2D eigenvalue weighted by Crippen LogP contribution is 2.15. The Morgan fingerprint density at radius 1 is 1.00 bits per heavy atom. The number of hydrogen-bond acceptors (Lipinski definition) is 3. The molecule has 3 N–H and O–H groups in total. The summed E-state index contributed by atoms with van der Waals surface area (Å²) in [7, 11) is 0. The molecule has 21 heavy (non-hydrogen) atoms. The Morgan fingerprint density at radius 3 is 2.62 bits per heavy atom. The maximum Gasteiger partial charge on any atom is 0.243 e. The fourth-order valence-electron chi connectivity index (χ4n) is 2.35. The van der Waals surface area contributed by atoms with Crippen LogP contribution in [0.15, 0.2) is 42.5 Å². The van der Waals surface area contributed by atoms with Crippen molar-refractivity contribution < 1.29 is 10.0 Å². The van der Waals surface area contributed by atoms with E-state index in [0.29, 0.717) is 6.42 Å². The smallest absolute Gasteiger partial charge is 0.243 e. The second-order valence-corrected chi connectivity index (χ2v) is 5.20. The standard InChI is InChI=1S/C17H22N2O2/c20-17(19-21)8-2-1-5-11-18-13-14-9-10-15-6-3-4-7-16(15)12-14/h3-4,6-7,9-10,12,18,21H,1-2,5,8,11,13H2,(H,19,20). The largest absolute Gasteiger partial charge is 0.313 e. The second-order valence-electron chi connectivity index (χ2n) is 5.20. The molecule has 0 radical (unpaired) electrons. The van der Waals surface area contributed by atoms with Crippen LogP contribution < -0.4 is 10.8 Å². The van der Waals surface area contributed by atoms with Crippen molar-refractivity contribution in [1.29, 1.82) is 0 Å². The van der Waals surface area contributed by atoms with Crippen LogP contribution in [0, 0.1) is 0 Å². The van der Waals surface area contributed by atoms with Gasteiger partial charge in [0.25, 0.3) is 0 Å². The molecular weight excluding hydrogens is 264 g/mol. The number of hydroxylamine groups is 1. The van der Waals surface area contributed by atoms with Gasteiger partial charge in [0, 0.05) is 13.0 Å². The van der Waals surface area contributed by atoms with Gasteiger partial charge in [-0.05, 0) is 41.8 Å². The van der Waals surface area contributed by atoms with E-state index in [4.69, 9.17) is 5.21 Å². The Labute approximate surface area is 125 Å². The van der Waals surface area contributed by atoms with Gasteiger partial charge in [-0.2, -0.15) is 0 Å². The molecule has 0 aliphatic heterocycles. The molecular formula is C17H22N2O2. The van der Waals surface area contributed by atoms with E-state index in [1.165, 1.54) is 16.3 Å². The van der Waals surface area contributed by atoms with E-state index < -0.39 is 0 Å². The molecule has 0 unspecified atom stereocenters. The van der Waals surface area contributed by atoms with Gasteiger partial charge in [-0.3, -0.25) is 10.0 Å². The van der Waals surface area contributed by atoms with Gasteiger partial charge >= 0.3 is 0 Å². The number of carbonyl (C=O) groups excluding carboxylic acids is 1. The minimum Gasteiger partial charge on any atom is -0.313 e. The van der Waals surface area contributed by atoms with Gasteiger partial charge in [-0.25, -0.2) is 5.48 Å². The molecule has 2 rings (SSSR count). The second kappa shape index (κ2) is 8.39. The molecule has 2 aromatic rings. The minimum atomic E-state index is -0.306. The lowest BCUT2D eigenvalue weighted by molar-refractivity contribution is -0.129. The van der Waals surface area contributed by atoms with E-state index in [-0.39, 0.29) is 5.91 Å². The van der Waals surface area contributed by atoms with E-state index in [0.717, 1.165) is 32.4 Å². The van der Waals surface area contributed by atoms with Crippen LogP contribution in [0.4, 0.5) is 0 Å². The van der Waals surface area contributed by atoms with Crippen molar-refractivity contribution in [3.8, 4) is 0 Å². The molecule has 0 atom stereocenters. The summed E-state index contributed by atoms with van der Waals surface area (Å²) in [5.74, 6) is -0.306. The topological polar surface area (TPSA) is 61.4 Å². The summed E-state index contributed by atoms with van der Waals surface area (Å²) < 4.78 is 0. The van der Waals surface area contributed by atoms with Crippen molar-refractivity contribution in [3.05, 3.63) is 48.0 Å². The summed E-state index contributed by atoms with van der Waals surface area (Å²) in [5.41, 5.74) is 2.93. The maximum absolute atomic E-state index is 10.8. The molecule has 0 aromatic heterocycles. The third-order valence-electron chi connectivity index (χ3n) is 3.53. The molecule has 0 saturated heterocycles. The molecule has 4 heteroatoms. The fourth-order valence-corrected chi connectivity index (χ4v) is 2.35. The monoisotopic (exact) mass is 286 g/mol. The van der Waals surface area contributed by atoms with Gasteiger partial charge in [0.15, 0.2) is 0 Å². The maximum atomic E-state index is 10.8. The predicted molar refractivity (Wildman–Crippen MR) is 84.1 cm³/mol. The van der Waals surface area contributed by atoms with Crippen molar-refractivity contribution in [1.82, 2.24) is 10.8 Å². The van der Waals surface area contributed by atoms with Gasteiger partial charge in [-0.1, -0.05) is 42.8 Å². The summed E-state index contributed by atoms with van der Waals surface area (Å²) in [6, 6.07) is 14.9. The molecule has 0 heterocycles. The number of benzene rings is 2. The van der Waals surface area contributed by atoms with Crippen molar-refractivity contribution >= 4 is 16.7 Å². The van der Waals surface area contributed by atoms with E-state index >= 15 is 0 Å². The van der Waals surface area contributed by atoms with Crippen molar-refractivity contribution in [2.24, 2.45) is 0 Å². The molecule has 0 aliphatic carbocycles.